The summed E-state index contributed by atoms with van der Waals surface area (Å²) >= 11 is 0. The van der Waals surface area contributed by atoms with E-state index in [1.807, 2.05) is 6.07 Å². The Morgan fingerprint density at radius 3 is 2.51 bits per heavy atom. The van der Waals surface area contributed by atoms with Crippen molar-refractivity contribution in [3.05, 3.63) is 65.0 Å². The van der Waals surface area contributed by atoms with Gasteiger partial charge >= 0.3 is 6.18 Å². The normalized spacial score (nSPS) is 15.1. The molecule has 1 aromatic heterocycles. The van der Waals surface area contributed by atoms with Crippen LogP contribution in [0.25, 0.3) is 11.3 Å². The zero-order valence-corrected chi connectivity index (χ0v) is 19.7. The summed E-state index contributed by atoms with van der Waals surface area (Å²) < 4.78 is 67.1. The second-order valence-electron chi connectivity index (χ2n) is 8.50. The van der Waals surface area contributed by atoms with Gasteiger partial charge < -0.3 is 20.5 Å². The quantitative estimate of drug-likeness (QED) is 0.475. The van der Waals surface area contributed by atoms with E-state index in [9.17, 15) is 27.6 Å². The van der Waals surface area contributed by atoms with Crippen molar-refractivity contribution in [1.82, 2.24) is 15.1 Å². The molecule has 0 aliphatic carbocycles. The number of rotatable bonds is 6. The number of nitrogens with zero attached hydrogens (tertiary/aromatic N) is 3. The molecule has 0 unspecified atom stereocenters. The summed E-state index contributed by atoms with van der Waals surface area (Å²) in [5.41, 5.74) is 4.57. The molecule has 4 rings (SSSR count). The number of alkyl halides is 3. The smallest absolute Gasteiger partial charge is 0.413 e. The molecule has 1 fully saturated rings. The molecule has 3 aromatic rings. The number of nitrogens with two attached hydrogens (primary N) is 1. The van der Waals surface area contributed by atoms with Gasteiger partial charge in [-0.05, 0) is 23.8 Å². The van der Waals surface area contributed by atoms with Gasteiger partial charge in [0.1, 0.15) is 34.7 Å². The van der Waals surface area contributed by atoms with E-state index >= 15 is 0 Å². The maximum Gasteiger partial charge on any atom is 0.413 e. The van der Waals surface area contributed by atoms with Crippen molar-refractivity contribution in [2.45, 2.75) is 31.1 Å². The van der Waals surface area contributed by atoms with Crippen molar-refractivity contribution in [2.24, 2.45) is 0 Å². The summed E-state index contributed by atoms with van der Waals surface area (Å²) in [6.45, 7) is -0.145. The summed E-state index contributed by atoms with van der Waals surface area (Å²) in [5, 5.41) is 16.5. The lowest BCUT2D eigenvalue weighted by Gasteiger charge is -2.39. The number of amides is 1. The molecule has 194 valence electrons. The van der Waals surface area contributed by atoms with Crippen molar-refractivity contribution < 1.29 is 31.8 Å². The van der Waals surface area contributed by atoms with Gasteiger partial charge in [-0.1, -0.05) is 24.3 Å². The summed E-state index contributed by atoms with van der Waals surface area (Å²) in [6, 6.07) is 11.9. The predicted octanol–water partition coefficient (Wildman–Crippen LogP) is 4.15. The van der Waals surface area contributed by atoms with Crippen LogP contribution in [0.15, 0.2) is 42.5 Å². The summed E-state index contributed by atoms with van der Waals surface area (Å²) in [4.78, 5) is 12.5. The van der Waals surface area contributed by atoms with Crippen LogP contribution in [0.5, 0.6) is 5.75 Å². The predicted molar refractivity (Wildman–Crippen MR) is 125 cm³/mol. The largest absolute Gasteiger partial charge is 0.496 e. The second-order valence-corrected chi connectivity index (χ2v) is 8.50. The first kappa shape index (κ1) is 26.0. The number of hydrogen-bond donors (Lipinski definition) is 2. The van der Waals surface area contributed by atoms with Crippen molar-refractivity contribution in [1.29, 1.82) is 5.26 Å². The number of methoxy groups -OCH3 is 1. The third kappa shape index (κ3) is 4.82. The van der Waals surface area contributed by atoms with E-state index in [0.29, 0.717) is 15.8 Å². The molecule has 1 aliphatic heterocycles. The number of benzene rings is 2. The number of halogens is 4. The first-order valence-electron chi connectivity index (χ1n) is 11.3. The fourth-order valence-electron chi connectivity index (χ4n) is 4.31. The van der Waals surface area contributed by atoms with Crippen molar-refractivity contribution >= 4 is 11.7 Å². The van der Waals surface area contributed by atoms with Crippen LogP contribution in [0.1, 0.15) is 34.3 Å². The highest BCUT2D eigenvalue weighted by atomic mass is 19.4. The van der Waals surface area contributed by atoms with Crippen LogP contribution >= 0.6 is 0 Å². The molecule has 2 aromatic carbocycles. The average molecular weight is 517 g/mol. The number of carbonyl (C=O) groups is 1. The van der Waals surface area contributed by atoms with Gasteiger partial charge in [-0.3, -0.25) is 4.79 Å². The standard InChI is InChI=1S/C25H23F4N5O3/c1-36-20-7-6-17(26)12-18(20)23(35)32-14-15-2-4-16(5-3-15)21-19(13-30)22(31)34(33-21)24(25(27,28)29)8-10-37-11-9-24/h2-7,12H,8-11,14,31H2,1H3,(H,32,35). The van der Waals surface area contributed by atoms with E-state index in [1.54, 1.807) is 24.3 Å². The summed E-state index contributed by atoms with van der Waals surface area (Å²) in [5.74, 6) is -1.28. The Morgan fingerprint density at radius 1 is 1.24 bits per heavy atom. The number of aromatic nitrogens is 2. The molecule has 0 atom stereocenters. The fourth-order valence-corrected chi connectivity index (χ4v) is 4.31. The number of nitrogen functional groups attached to an aromatic ring is 1. The molecular weight excluding hydrogens is 494 g/mol. The van der Waals surface area contributed by atoms with Crippen LogP contribution in [0.2, 0.25) is 0 Å². The van der Waals surface area contributed by atoms with Gasteiger partial charge in [0.15, 0.2) is 5.54 Å². The van der Waals surface area contributed by atoms with Crippen LogP contribution in [0.3, 0.4) is 0 Å². The molecule has 3 N–H and O–H groups in total. The van der Waals surface area contributed by atoms with Crippen LogP contribution in [-0.4, -0.2) is 42.2 Å². The lowest BCUT2D eigenvalue weighted by molar-refractivity contribution is -0.238. The highest BCUT2D eigenvalue weighted by Crippen LogP contribution is 2.46. The molecule has 0 bridgehead atoms. The first-order valence-corrected chi connectivity index (χ1v) is 11.3. The first-order chi connectivity index (χ1) is 17.6. The topological polar surface area (TPSA) is 115 Å². The zero-order chi connectivity index (χ0) is 26.8. The van der Waals surface area contributed by atoms with Gasteiger partial charge in [0.2, 0.25) is 0 Å². The van der Waals surface area contributed by atoms with Gasteiger partial charge in [0.25, 0.3) is 5.91 Å². The van der Waals surface area contributed by atoms with E-state index in [1.165, 1.54) is 19.2 Å². The third-order valence-electron chi connectivity index (χ3n) is 6.37. The summed E-state index contributed by atoms with van der Waals surface area (Å²) in [7, 11) is 1.37. The van der Waals surface area contributed by atoms with Gasteiger partial charge in [-0.15, -0.1) is 0 Å². The molecule has 8 nitrogen and oxygen atoms in total. The van der Waals surface area contributed by atoms with E-state index in [2.05, 4.69) is 10.4 Å². The lowest BCUT2D eigenvalue weighted by atomic mass is 9.89. The van der Waals surface area contributed by atoms with Crippen LogP contribution < -0.4 is 15.8 Å². The minimum absolute atomic E-state index is 0.0233. The van der Waals surface area contributed by atoms with E-state index < -0.39 is 23.4 Å². The lowest BCUT2D eigenvalue weighted by Crippen LogP contribution is -2.52. The SMILES string of the molecule is COc1ccc(F)cc1C(=O)NCc1ccc(-c2nn(C3(C(F)(F)F)CCOCC3)c(N)c2C#N)cc1. The Balaban J connectivity index is 1.58. The number of hydrogen-bond acceptors (Lipinski definition) is 6. The van der Waals surface area contributed by atoms with Crippen molar-refractivity contribution in [3.8, 4) is 23.1 Å². The Hall–Kier alpha value is -4.11. The highest BCUT2D eigenvalue weighted by Gasteiger charge is 2.58. The number of carbonyl (C=O) groups excluding carboxylic acids is 1. The second kappa shape index (κ2) is 10.1. The zero-order valence-electron chi connectivity index (χ0n) is 19.7. The molecule has 37 heavy (non-hydrogen) atoms. The van der Waals surface area contributed by atoms with Gasteiger partial charge in [0, 0.05) is 38.2 Å². The van der Waals surface area contributed by atoms with Crippen molar-refractivity contribution in [2.75, 3.05) is 26.1 Å². The molecule has 0 saturated carbocycles. The number of ether oxygens (including phenoxy) is 2. The average Bonchev–Trinajstić information content (AvgIpc) is 3.23. The minimum Gasteiger partial charge on any atom is -0.496 e. The number of nitriles is 1. The number of anilines is 1. The molecule has 1 aliphatic rings. The maximum absolute atomic E-state index is 14.2. The van der Waals surface area contributed by atoms with Crippen molar-refractivity contribution in [3.63, 3.8) is 0 Å². The molecule has 1 amide bonds. The third-order valence-corrected chi connectivity index (χ3v) is 6.37. The van der Waals surface area contributed by atoms with E-state index in [4.69, 9.17) is 15.2 Å². The molecule has 1 saturated heterocycles. The minimum atomic E-state index is -4.66. The monoisotopic (exact) mass is 517 g/mol. The van der Waals surface area contributed by atoms with Crippen LogP contribution in [-0.2, 0) is 16.8 Å². The summed E-state index contributed by atoms with van der Waals surface area (Å²) in [6.07, 6.45) is -5.41. The van der Waals surface area contributed by atoms with Gasteiger partial charge in [-0.2, -0.15) is 23.5 Å². The van der Waals surface area contributed by atoms with E-state index in [0.717, 1.165) is 6.07 Å². The highest BCUT2D eigenvalue weighted by molar-refractivity contribution is 5.96. The molecular formula is C25H23F4N5O3. The molecule has 2 heterocycles. The molecule has 0 spiro atoms. The fraction of sp³-hybridized carbons (Fsp3) is 0.320. The van der Waals surface area contributed by atoms with Gasteiger partial charge in [-0.25, -0.2) is 9.07 Å². The Labute approximate surface area is 209 Å². The Bertz CT molecular complexity index is 1340. The Morgan fingerprint density at radius 2 is 1.92 bits per heavy atom. The van der Waals surface area contributed by atoms with Crippen LogP contribution in [0, 0.1) is 17.1 Å². The maximum atomic E-state index is 14.2. The molecule has 0 radical (unpaired) electrons. The molecule has 12 heteroatoms. The van der Waals surface area contributed by atoms with Gasteiger partial charge in [0.05, 0.1) is 12.7 Å². The van der Waals surface area contributed by atoms with E-state index in [-0.39, 0.29) is 61.0 Å². The number of nitrogens with one attached hydrogen (secondary N) is 1. The van der Waals surface area contributed by atoms with Crippen LogP contribution in [0.4, 0.5) is 23.4 Å². The Kier molecular flexibility index (Phi) is 7.09.